The van der Waals surface area contributed by atoms with Crippen molar-refractivity contribution >= 4 is 44.8 Å². The zero-order chi connectivity index (χ0) is 19.2. The van der Waals surface area contributed by atoms with Gasteiger partial charge in [-0.2, -0.15) is 0 Å². The minimum absolute atomic E-state index is 0.0617. The van der Waals surface area contributed by atoms with Crippen LogP contribution in [0.1, 0.15) is 15.2 Å². The number of anilines is 1. The molecule has 1 aromatic heterocycles. The van der Waals surface area contributed by atoms with Gasteiger partial charge in [-0.25, -0.2) is 4.39 Å². The van der Waals surface area contributed by atoms with Gasteiger partial charge in [-0.1, -0.05) is 52.3 Å². The smallest absolute Gasteiger partial charge is 0.262 e. The van der Waals surface area contributed by atoms with Crippen LogP contribution in [0.15, 0.2) is 70.5 Å². The van der Waals surface area contributed by atoms with E-state index < -0.39 is 17.8 Å². The van der Waals surface area contributed by atoms with Crippen molar-refractivity contribution in [2.75, 3.05) is 5.32 Å². The maximum Gasteiger partial charge on any atom is 0.262 e. The fourth-order valence-corrected chi connectivity index (χ4v) is 3.47. The molecular weight excluding hydrogens is 431 g/mol. The van der Waals surface area contributed by atoms with E-state index >= 15 is 0 Å². The molecule has 1 atom stereocenters. The summed E-state index contributed by atoms with van der Waals surface area (Å²) in [4.78, 5) is 25.7. The minimum atomic E-state index is -0.843. The summed E-state index contributed by atoms with van der Waals surface area (Å²) >= 11 is 4.47. The zero-order valence-electron chi connectivity index (χ0n) is 14.1. The van der Waals surface area contributed by atoms with Crippen LogP contribution in [0.25, 0.3) is 0 Å². The molecule has 1 unspecified atom stereocenters. The first kappa shape index (κ1) is 19.3. The summed E-state index contributed by atoms with van der Waals surface area (Å²) in [6, 6.07) is 16.3. The molecule has 7 heteroatoms. The lowest BCUT2D eigenvalue weighted by Crippen LogP contribution is -2.45. The second kappa shape index (κ2) is 8.92. The molecule has 0 bridgehead atoms. The number of nitrogens with one attached hydrogen (secondary N) is 2. The lowest BCUT2D eigenvalue weighted by Gasteiger charge is -2.18. The van der Waals surface area contributed by atoms with E-state index in [0.29, 0.717) is 15.8 Å². The molecule has 0 aliphatic carbocycles. The van der Waals surface area contributed by atoms with Gasteiger partial charge in [-0.05, 0) is 35.2 Å². The Hall–Kier alpha value is -2.51. The largest absolute Gasteiger partial charge is 0.339 e. The monoisotopic (exact) mass is 446 g/mol. The van der Waals surface area contributed by atoms with E-state index in [4.69, 9.17) is 0 Å². The van der Waals surface area contributed by atoms with Gasteiger partial charge >= 0.3 is 0 Å². The third kappa shape index (κ3) is 5.24. The first-order valence-electron chi connectivity index (χ1n) is 8.17. The van der Waals surface area contributed by atoms with Crippen molar-refractivity contribution in [2.45, 2.75) is 12.5 Å². The lowest BCUT2D eigenvalue weighted by atomic mass is 10.0. The molecule has 2 aromatic carbocycles. The number of halogens is 2. The van der Waals surface area contributed by atoms with E-state index in [1.807, 2.05) is 30.3 Å². The fraction of sp³-hybridized carbons (Fsp3) is 0.100. The van der Waals surface area contributed by atoms with Crippen LogP contribution in [-0.4, -0.2) is 17.9 Å². The van der Waals surface area contributed by atoms with Crippen LogP contribution < -0.4 is 10.6 Å². The SMILES string of the molecule is O=C(NC(Cc1ccccc1)C(=O)Nc1ccc(Br)cc1F)c1cccs1. The van der Waals surface area contributed by atoms with Gasteiger partial charge in [0.2, 0.25) is 5.91 Å². The van der Waals surface area contributed by atoms with E-state index in [9.17, 15) is 14.0 Å². The highest BCUT2D eigenvalue weighted by molar-refractivity contribution is 9.10. The Kier molecular flexibility index (Phi) is 6.36. The normalized spacial score (nSPS) is 11.6. The van der Waals surface area contributed by atoms with Gasteiger partial charge in [0, 0.05) is 10.9 Å². The summed E-state index contributed by atoms with van der Waals surface area (Å²) in [5, 5.41) is 7.10. The highest BCUT2D eigenvalue weighted by atomic mass is 79.9. The summed E-state index contributed by atoms with van der Waals surface area (Å²) in [6.07, 6.45) is 0.294. The fourth-order valence-electron chi connectivity index (χ4n) is 2.51. The van der Waals surface area contributed by atoms with Crippen molar-refractivity contribution < 1.29 is 14.0 Å². The second-order valence-corrected chi connectivity index (χ2v) is 7.67. The van der Waals surface area contributed by atoms with E-state index in [1.165, 1.54) is 23.5 Å². The van der Waals surface area contributed by atoms with Crippen LogP contribution in [0, 0.1) is 5.82 Å². The Bertz CT molecular complexity index is 932. The van der Waals surface area contributed by atoms with E-state index in [1.54, 1.807) is 23.6 Å². The number of hydrogen-bond acceptors (Lipinski definition) is 3. The summed E-state index contributed by atoms with van der Waals surface area (Å²) in [7, 11) is 0. The highest BCUT2D eigenvalue weighted by Gasteiger charge is 2.23. The Morgan fingerprint density at radius 2 is 1.85 bits per heavy atom. The Morgan fingerprint density at radius 3 is 2.52 bits per heavy atom. The molecule has 1 heterocycles. The van der Waals surface area contributed by atoms with E-state index in [2.05, 4.69) is 26.6 Å². The van der Waals surface area contributed by atoms with Crippen molar-refractivity contribution in [1.29, 1.82) is 0 Å². The van der Waals surface area contributed by atoms with Crippen LogP contribution in [0.5, 0.6) is 0 Å². The van der Waals surface area contributed by atoms with Crippen LogP contribution in [0.3, 0.4) is 0 Å². The molecule has 3 rings (SSSR count). The Morgan fingerprint density at radius 1 is 1.07 bits per heavy atom. The molecule has 4 nitrogen and oxygen atoms in total. The van der Waals surface area contributed by atoms with Gasteiger partial charge in [0.1, 0.15) is 11.9 Å². The van der Waals surface area contributed by atoms with Gasteiger partial charge in [0.05, 0.1) is 10.6 Å². The average Bonchev–Trinajstić information content (AvgIpc) is 3.19. The van der Waals surface area contributed by atoms with Crippen LogP contribution in [0.2, 0.25) is 0 Å². The molecule has 27 heavy (non-hydrogen) atoms. The maximum absolute atomic E-state index is 14.1. The topological polar surface area (TPSA) is 58.2 Å². The predicted octanol–water partition coefficient (Wildman–Crippen LogP) is 4.63. The summed E-state index contributed by atoms with van der Waals surface area (Å²) < 4.78 is 14.6. The minimum Gasteiger partial charge on any atom is -0.339 e. The van der Waals surface area contributed by atoms with Gasteiger partial charge in [0.15, 0.2) is 0 Å². The Labute approximate surface area is 168 Å². The molecule has 0 fully saturated rings. The molecule has 0 radical (unpaired) electrons. The Balaban J connectivity index is 1.79. The quantitative estimate of drug-likeness (QED) is 0.579. The number of carbonyl (C=O) groups excluding carboxylic acids is 2. The number of thiophene rings is 1. The zero-order valence-corrected chi connectivity index (χ0v) is 16.5. The number of rotatable bonds is 6. The van der Waals surface area contributed by atoms with Crippen molar-refractivity contribution in [1.82, 2.24) is 5.32 Å². The van der Waals surface area contributed by atoms with Crippen molar-refractivity contribution in [2.24, 2.45) is 0 Å². The van der Waals surface area contributed by atoms with Crippen LogP contribution in [-0.2, 0) is 11.2 Å². The molecule has 3 aromatic rings. The third-order valence-corrected chi connectivity index (χ3v) is 5.20. The van der Waals surface area contributed by atoms with Gasteiger partial charge < -0.3 is 10.6 Å². The molecule has 0 spiro atoms. The number of amides is 2. The molecular formula is C20H16BrFN2O2S. The van der Waals surface area contributed by atoms with Gasteiger partial charge in [-0.15, -0.1) is 11.3 Å². The lowest BCUT2D eigenvalue weighted by molar-refractivity contribution is -0.118. The molecule has 2 amide bonds. The third-order valence-electron chi connectivity index (χ3n) is 3.84. The summed E-state index contributed by atoms with van der Waals surface area (Å²) in [5.74, 6) is -1.37. The predicted molar refractivity (Wildman–Crippen MR) is 108 cm³/mol. The second-order valence-electron chi connectivity index (χ2n) is 5.81. The van der Waals surface area contributed by atoms with Gasteiger partial charge in [0.25, 0.3) is 5.91 Å². The summed E-state index contributed by atoms with van der Waals surface area (Å²) in [6.45, 7) is 0. The van der Waals surface area contributed by atoms with E-state index in [-0.39, 0.29) is 11.6 Å². The number of carbonyl (C=O) groups is 2. The molecule has 138 valence electrons. The molecule has 0 aliphatic rings. The molecule has 0 aliphatic heterocycles. The average molecular weight is 447 g/mol. The number of benzene rings is 2. The standard InChI is InChI=1S/C20H16BrFN2O2S/c21-14-8-9-16(15(22)12-14)23-19(25)17(11-13-5-2-1-3-6-13)24-20(26)18-7-4-10-27-18/h1-10,12,17H,11H2,(H,23,25)(H,24,26). The molecule has 0 saturated heterocycles. The van der Waals surface area contributed by atoms with Crippen molar-refractivity contribution in [3.8, 4) is 0 Å². The number of hydrogen-bond donors (Lipinski definition) is 2. The first-order chi connectivity index (χ1) is 13.0. The molecule has 2 N–H and O–H groups in total. The van der Waals surface area contributed by atoms with Crippen molar-refractivity contribution in [3.63, 3.8) is 0 Å². The first-order valence-corrected chi connectivity index (χ1v) is 9.84. The van der Waals surface area contributed by atoms with Crippen molar-refractivity contribution in [3.05, 3.63) is 86.8 Å². The van der Waals surface area contributed by atoms with E-state index in [0.717, 1.165) is 5.56 Å². The highest BCUT2D eigenvalue weighted by Crippen LogP contribution is 2.20. The van der Waals surface area contributed by atoms with Crippen LogP contribution in [0.4, 0.5) is 10.1 Å². The molecule has 0 saturated carbocycles. The summed E-state index contributed by atoms with van der Waals surface area (Å²) in [5.41, 5.74) is 0.951. The maximum atomic E-state index is 14.1. The van der Waals surface area contributed by atoms with Crippen LogP contribution >= 0.6 is 27.3 Å². The van der Waals surface area contributed by atoms with Gasteiger partial charge in [-0.3, -0.25) is 9.59 Å².